The van der Waals surface area contributed by atoms with E-state index in [1.165, 1.54) is 13.2 Å². The highest BCUT2D eigenvalue weighted by atomic mass is 35.5. The van der Waals surface area contributed by atoms with Crippen molar-refractivity contribution in [2.75, 3.05) is 17.6 Å². The zero-order valence-electron chi connectivity index (χ0n) is 9.18. The van der Waals surface area contributed by atoms with Gasteiger partial charge in [-0.15, -0.1) is 0 Å². The lowest BCUT2D eigenvalue weighted by Crippen LogP contribution is -2.20. The molecule has 0 spiro atoms. The van der Waals surface area contributed by atoms with Crippen molar-refractivity contribution in [2.24, 2.45) is 0 Å². The molecule has 1 aromatic heterocycles. The lowest BCUT2D eigenvalue weighted by molar-refractivity contribution is -0.140. The summed E-state index contributed by atoms with van der Waals surface area (Å²) in [6, 6.07) is 1.20. The molecule has 0 bridgehead atoms. The van der Waals surface area contributed by atoms with E-state index in [4.69, 9.17) is 23.2 Å². The maximum absolute atomic E-state index is 11.6. The lowest BCUT2D eigenvalue weighted by atomic mass is 10.5. The Hall–Kier alpha value is -1.12. The molecule has 18 heavy (non-hydrogen) atoms. The van der Waals surface area contributed by atoms with Crippen LogP contribution in [0.15, 0.2) is 6.07 Å². The highest BCUT2D eigenvalue weighted by molar-refractivity contribution is 7.92. The zero-order valence-corrected chi connectivity index (χ0v) is 11.5. The van der Waals surface area contributed by atoms with Crippen LogP contribution in [0.3, 0.4) is 0 Å². The Labute approximate surface area is 114 Å². The number of carbonyl (C=O) groups excluding carboxylic acids is 1. The molecular formula is C8H9Cl2N3O4S. The number of methoxy groups -OCH3 is 1. The number of nitrogens with one attached hydrogen (secondary N) is 1. The fraction of sp³-hybridized carbons (Fsp3) is 0.375. The van der Waals surface area contributed by atoms with E-state index in [1.54, 1.807) is 0 Å². The second-order valence-corrected chi connectivity index (χ2v) is 5.66. The average Bonchev–Trinajstić information content (AvgIpc) is 2.23. The van der Waals surface area contributed by atoms with Crippen LogP contribution in [0.5, 0.6) is 0 Å². The first-order chi connectivity index (χ1) is 8.32. The molecule has 10 heteroatoms. The quantitative estimate of drug-likeness (QED) is 0.496. The second-order valence-electron chi connectivity index (χ2n) is 3.09. The Morgan fingerprint density at radius 1 is 1.44 bits per heavy atom. The SMILES string of the molecule is COC(=O)CCS(=O)(=O)Nc1cc(Cl)nc(Cl)n1. The molecule has 0 saturated carbocycles. The summed E-state index contributed by atoms with van der Waals surface area (Å²) < 4.78 is 29.6. The first kappa shape index (κ1) is 14.9. The van der Waals surface area contributed by atoms with Crippen molar-refractivity contribution in [3.8, 4) is 0 Å². The molecule has 1 aromatic rings. The predicted molar refractivity (Wildman–Crippen MR) is 66.1 cm³/mol. The summed E-state index contributed by atoms with van der Waals surface area (Å²) in [4.78, 5) is 18.0. The molecule has 0 aromatic carbocycles. The third kappa shape index (κ3) is 5.03. The zero-order chi connectivity index (χ0) is 13.8. The minimum Gasteiger partial charge on any atom is -0.469 e. The van der Waals surface area contributed by atoms with Crippen molar-refractivity contribution in [1.82, 2.24) is 9.97 Å². The number of sulfonamides is 1. The summed E-state index contributed by atoms with van der Waals surface area (Å²) in [6.07, 6.45) is -0.265. The Morgan fingerprint density at radius 3 is 2.67 bits per heavy atom. The molecule has 0 aliphatic rings. The fourth-order valence-corrected chi connectivity index (χ4v) is 2.34. The highest BCUT2D eigenvalue weighted by Crippen LogP contribution is 2.15. The number of carbonyl (C=O) groups is 1. The van der Waals surface area contributed by atoms with Gasteiger partial charge in [-0.2, -0.15) is 4.98 Å². The van der Waals surface area contributed by atoms with Crippen LogP contribution in [0, 0.1) is 0 Å². The molecule has 1 N–H and O–H groups in total. The smallest absolute Gasteiger partial charge is 0.306 e. The van der Waals surface area contributed by atoms with Crippen LogP contribution in [0.25, 0.3) is 0 Å². The van der Waals surface area contributed by atoms with Gasteiger partial charge in [0.25, 0.3) is 0 Å². The monoisotopic (exact) mass is 313 g/mol. The standard InChI is InChI=1S/C8H9Cl2N3O4S/c1-17-7(14)2-3-18(15,16)13-6-4-5(9)11-8(10)12-6/h4H,2-3H2,1H3,(H,11,12,13). The lowest BCUT2D eigenvalue weighted by Gasteiger charge is -2.06. The van der Waals surface area contributed by atoms with Crippen molar-refractivity contribution < 1.29 is 17.9 Å². The predicted octanol–water partition coefficient (Wildman–Crippen LogP) is 1.09. The van der Waals surface area contributed by atoms with Gasteiger partial charge in [0, 0.05) is 6.07 Å². The van der Waals surface area contributed by atoms with Gasteiger partial charge in [0.15, 0.2) is 0 Å². The van der Waals surface area contributed by atoms with Gasteiger partial charge in [-0.05, 0) is 11.6 Å². The number of esters is 1. The van der Waals surface area contributed by atoms with Crippen LogP contribution >= 0.6 is 23.2 Å². The van der Waals surface area contributed by atoms with Gasteiger partial charge in [-0.25, -0.2) is 13.4 Å². The molecular weight excluding hydrogens is 305 g/mol. The van der Waals surface area contributed by atoms with Crippen molar-refractivity contribution in [1.29, 1.82) is 0 Å². The van der Waals surface area contributed by atoms with Gasteiger partial charge in [0.1, 0.15) is 11.0 Å². The van der Waals surface area contributed by atoms with Gasteiger partial charge >= 0.3 is 5.97 Å². The Balaban J connectivity index is 2.73. The van der Waals surface area contributed by atoms with E-state index in [-0.39, 0.29) is 22.7 Å². The Bertz CT molecular complexity index is 529. The molecule has 100 valence electrons. The third-order valence-electron chi connectivity index (χ3n) is 1.73. The van der Waals surface area contributed by atoms with E-state index in [1.807, 2.05) is 0 Å². The molecule has 7 nitrogen and oxygen atoms in total. The number of nitrogens with zero attached hydrogens (tertiary/aromatic N) is 2. The van der Waals surface area contributed by atoms with Crippen LogP contribution < -0.4 is 4.72 Å². The first-order valence-electron chi connectivity index (χ1n) is 4.60. The number of aromatic nitrogens is 2. The molecule has 0 aliphatic heterocycles. The third-order valence-corrected chi connectivity index (χ3v) is 3.35. The summed E-state index contributed by atoms with van der Waals surface area (Å²) in [7, 11) is -2.56. The number of halogens is 2. The number of anilines is 1. The van der Waals surface area contributed by atoms with Crippen molar-refractivity contribution in [3.63, 3.8) is 0 Å². The van der Waals surface area contributed by atoms with Gasteiger partial charge in [-0.1, -0.05) is 11.6 Å². The summed E-state index contributed by atoms with van der Waals surface area (Å²) in [5.74, 6) is -1.12. The number of ether oxygens (including phenoxy) is 1. The minimum atomic E-state index is -3.73. The molecule has 0 fully saturated rings. The van der Waals surface area contributed by atoms with E-state index < -0.39 is 21.7 Å². The van der Waals surface area contributed by atoms with Crippen LogP contribution in [-0.2, 0) is 19.6 Å². The van der Waals surface area contributed by atoms with Crippen molar-refractivity contribution >= 4 is 45.0 Å². The summed E-state index contributed by atoms with van der Waals surface area (Å²) in [6.45, 7) is 0. The Morgan fingerprint density at radius 2 is 2.11 bits per heavy atom. The number of hydrogen-bond acceptors (Lipinski definition) is 6. The van der Waals surface area contributed by atoms with Gasteiger partial charge in [-0.3, -0.25) is 9.52 Å². The summed E-state index contributed by atoms with van der Waals surface area (Å²) in [5, 5.41) is -0.186. The van der Waals surface area contributed by atoms with E-state index in [0.29, 0.717) is 0 Å². The first-order valence-corrected chi connectivity index (χ1v) is 7.00. The van der Waals surface area contributed by atoms with Crippen LogP contribution in [0.4, 0.5) is 5.82 Å². The highest BCUT2D eigenvalue weighted by Gasteiger charge is 2.15. The maximum Gasteiger partial charge on any atom is 0.306 e. The van der Waals surface area contributed by atoms with Gasteiger partial charge in [0.2, 0.25) is 15.3 Å². The molecule has 0 atom stereocenters. The van der Waals surface area contributed by atoms with Crippen LogP contribution in [0.2, 0.25) is 10.4 Å². The summed E-state index contributed by atoms with van der Waals surface area (Å²) >= 11 is 11.1. The van der Waals surface area contributed by atoms with Crippen molar-refractivity contribution in [2.45, 2.75) is 6.42 Å². The molecule has 0 unspecified atom stereocenters. The molecule has 1 rings (SSSR count). The van der Waals surface area contributed by atoms with E-state index in [0.717, 1.165) is 0 Å². The van der Waals surface area contributed by atoms with E-state index in [2.05, 4.69) is 19.4 Å². The molecule has 0 radical (unpaired) electrons. The topological polar surface area (TPSA) is 98.2 Å². The summed E-state index contributed by atoms with van der Waals surface area (Å²) in [5.41, 5.74) is 0. The van der Waals surface area contributed by atoms with Crippen LogP contribution in [-0.4, -0.2) is 37.2 Å². The van der Waals surface area contributed by atoms with Gasteiger partial charge in [0.05, 0.1) is 19.3 Å². The van der Waals surface area contributed by atoms with Crippen LogP contribution in [0.1, 0.15) is 6.42 Å². The molecule has 0 saturated heterocycles. The van der Waals surface area contributed by atoms with E-state index in [9.17, 15) is 13.2 Å². The fourth-order valence-electron chi connectivity index (χ4n) is 0.972. The number of rotatable bonds is 5. The largest absolute Gasteiger partial charge is 0.469 e. The van der Waals surface area contributed by atoms with E-state index >= 15 is 0 Å². The van der Waals surface area contributed by atoms with Gasteiger partial charge < -0.3 is 4.74 Å². The average molecular weight is 314 g/mol. The number of hydrogen-bond donors (Lipinski definition) is 1. The molecule has 0 aliphatic carbocycles. The maximum atomic E-state index is 11.6. The molecule has 1 heterocycles. The Kier molecular flexibility index (Phi) is 5.12. The molecule has 0 amide bonds. The normalized spacial score (nSPS) is 11.1. The van der Waals surface area contributed by atoms with Crippen molar-refractivity contribution in [3.05, 3.63) is 16.5 Å². The minimum absolute atomic E-state index is 0.000618. The second kappa shape index (κ2) is 6.17.